The predicted molar refractivity (Wildman–Crippen MR) is 94.8 cm³/mol. The molecule has 3 heteroatoms. The van der Waals surface area contributed by atoms with Gasteiger partial charge in [-0.3, -0.25) is 0 Å². The monoisotopic (exact) mass is 304 g/mol. The molecule has 0 spiro atoms. The molecule has 0 aliphatic carbocycles. The number of rotatable bonds is 7. The standard InChI is InChI=1S/C19H32N2O/c1-5-10-20-14-17-6-7-18(19(13-17)22-15(2)3)21-11-8-16(4)9-12-21/h6-7,13,15-16,20H,5,8-12,14H2,1-4H3. The first kappa shape index (κ1) is 17.1. The van der Waals surface area contributed by atoms with Crippen LogP contribution in [0.2, 0.25) is 0 Å². The van der Waals surface area contributed by atoms with Crippen molar-refractivity contribution < 1.29 is 4.74 Å². The lowest BCUT2D eigenvalue weighted by Gasteiger charge is -2.33. The Morgan fingerprint density at radius 3 is 2.64 bits per heavy atom. The molecule has 22 heavy (non-hydrogen) atoms. The molecule has 2 rings (SSSR count). The third-order valence-corrected chi connectivity index (χ3v) is 4.27. The Hall–Kier alpha value is -1.22. The zero-order chi connectivity index (χ0) is 15.9. The molecule has 0 aromatic heterocycles. The second kappa shape index (κ2) is 8.42. The van der Waals surface area contributed by atoms with E-state index in [0.29, 0.717) is 0 Å². The molecule has 1 heterocycles. The summed E-state index contributed by atoms with van der Waals surface area (Å²) in [6, 6.07) is 6.70. The Kier molecular flexibility index (Phi) is 6.56. The maximum atomic E-state index is 6.10. The van der Waals surface area contributed by atoms with Crippen LogP contribution in [0.4, 0.5) is 5.69 Å². The summed E-state index contributed by atoms with van der Waals surface area (Å²) < 4.78 is 6.10. The molecular formula is C19H32N2O. The van der Waals surface area contributed by atoms with Gasteiger partial charge in [0.2, 0.25) is 0 Å². The van der Waals surface area contributed by atoms with Crippen molar-refractivity contribution >= 4 is 5.69 Å². The molecule has 0 unspecified atom stereocenters. The fourth-order valence-electron chi connectivity index (χ4n) is 2.94. The number of anilines is 1. The second-order valence-corrected chi connectivity index (χ2v) is 6.82. The van der Waals surface area contributed by atoms with Crippen LogP contribution < -0.4 is 15.0 Å². The highest BCUT2D eigenvalue weighted by molar-refractivity contribution is 5.60. The van der Waals surface area contributed by atoms with Gasteiger partial charge in [-0.2, -0.15) is 0 Å². The number of nitrogens with zero attached hydrogens (tertiary/aromatic N) is 1. The van der Waals surface area contributed by atoms with Crippen molar-refractivity contribution in [3.05, 3.63) is 23.8 Å². The van der Waals surface area contributed by atoms with Crippen molar-refractivity contribution in [3.8, 4) is 5.75 Å². The van der Waals surface area contributed by atoms with E-state index in [0.717, 1.165) is 37.8 Å². The summed E-state index contributed by atoms with van der Waals surface area (Å²) in [6.07, 6.45) is 3.93. The van der Waals surface area contributed by atoms with Crippen molar-refractivity contribution in [2.45, 2.75) is 59.6 Å². The van der Waals surface area contributed by atoms with Gasteiger partial charge in [0.1, 0.15) is 5.75 Å². The van der Waals surface area contributed by atoms with Gasteiger partial charge in [0.25, 0.3) is 0 Å². The van der Waals surface area contributed by atoms with Crippen molar-refractivity contribution in [1.82, 2.24) is 5.32 Å². The summed E-state index contributed by atoms with van der Waals surface area (Å²) in [5, 5.41) is 3.47. The molecule has 0 radical (unpaired) electrons. The Morgan fingerprint density at radius 2 is 2.00 bits per heavy atom. The van der Waals surface area contributed by atoms with E-state index in [2.05, 4.69) is 56.1 Å². The fraction of sp³-hybridized carbons (Fsp3) is 0.684. The number of piperidine rings is 1. The Labute approximate surface area is 136 Å². The van der Waals surface area contributed by atoms with E-state index in [1.54, 1.807) is 0 Å². The van der Waals surface area contributed by atoms with Crippen LogP contribution in [-0.2, 0) is 6.54 Å². The zero-order valence-corrected chi connectivity index (χ0v) is 14.7. The minimum Gasteiger partial charge on any atom is -0.489 e. The molecule has 0 atom stereocenters. The molecule has 0 saturated carbocycles. The smallest absolute Gasteiger partial charge is 0.143 e. The third-order valence-electron chi connectivity index (χ3n) is 4.27. The van der Waals surface area contributed by atoms with Crippen LogP contribution in [-0.4, -0.2) is 25.7 Å². The number of benzene rings is 1. The van der Waals surface area contributed by atoms with E-state index in [1.165, 1.54) is 30.5 Å². The lowest BCUT2D eigenvalue weighted by molar-refractivity contribution is 0.242. The summed E-state index contributed by atoms with van der Waals surface area (Å²) >= 11 is 0. The molecule has 1 aromatic rings. The normalized spacial score (nSPS) is 16.3. The van der Waals surface area contributed by atoms with E-state index < -0.39 is 0 Å². The highest BCUT2D eigenvalue weighted by Gasteiger charge is 2.19. The van der Waals surface area contributed by atoms with Crippen LogP contribution in [0.25, 0.3) is 0 Å². The number of hydrogen-bond acceptors (Lipinski definition) is 3. The van der Waals surface area contributed by atoms with Gasteiger partial charge < -0.3 is 15.0 Å². The van der Waals surface area contributed by atoms with Crippen molar-refractivity contribution in [3.63, 3.8) is 0 Å². The SMILES string of the molecule is CCCNCc1ccc(N2CCC(C)CC2)c(OC(C)C)c1. The average molecular weight is 304 g/mol. The minimum atomic E-state index is 0.210. The van der Waals surface area contributed by atoms with Crippen LogP contribution in [0.15, 0.2) is 18.2 Å². The van der Waals surface area contributed by atoms with Gasteiger partial charge in [-0.05, 0) is 63.3 Å². The third kappa shape index (κ3) is 4.91. The zero-order valence-electron chi connectivity index (χ0n) is 14.7. The summed E-state index contributed by atoms with van der Waals surface area (Å²) in [5.74, 6) is 1.89. The van der Waals surface area contributed by atoms with Crippen LogP contribution in [0.3, 0.4) is 0 Å². The maximum absolute atomic E-state index is 6.10. The first-order valence-electron chi connectivity index (χ1n) is 8.85. The van der Waals surface area contributed by atoms with E-state index in [9.17, 15) is 0 Å². The molecule has 3 nitrogen and oxygen atoms in total. The lowest BCUT2D eigenvalue weighted by Crippen LogP contribution is -2.33. The van der Waals surface area contributed by atoms with Gasteiger partial charge in [-0.15, -0.1) is 0 Å². The van der Waals surface area contributed by atoms with Crippen molar-refractivity contribution in [2.24, 2.45) is 5.92 Å². The molecule has 1 aromatic carbocycles. The molecule has 1 saturated heterocycles. The Bertz CT molecular complexity index is 451. The minimum absolute atomic E-state index is 0.210. The molecule has 1 fully saturated rings. The predicted octanol–water partition coefficient (Wildman–Crippen LogP) is 4.21. The van der Waals surface area contributed by atoms with Gasteiger partial charge in [0.05, 0.1) is 11.8 Å². The summed E-state index contributed by atoms with van der Waals surface area (Å²) in [5.41, 5.74) is 2.57. The highest BCUT2D eigenvalue weighted by atomic mass is 16.5. The maximum Gasteiger partial charge on any atom is 0.143 e. The number of ether oxygens (including phenoxy) is 1. The molecule has 0 bridgehead atoms. The van der Waals surface area contributed by atoms with Gasteiger partial charge >= 0.3 is 0 Å². The molecule has 0 amide bonds. The number of nitrogens with one attached hydrogen (secondary N) is 1. The summed E-state index contributed by atoms with van der Waals surface area (Å²) in [6.45, 7) is 13.0. The van der Waals surface area contributed by atoms with E-state index in [1.807, 2.05) is 0 Å². The first-order valence-corrected chi connectivity index (χ1v) is 8.85. The van der Waals surface area contributed by atoms with Gasteiger partial charge in [-0.25, -0.2) is 0 Å². The van der Waals surface area contributed by atoms with Crippen LogP contribution >= 0.6 is 0 Å². The second-order valence-electron chi connectivity index (χ2n) is 6.82. The van der Waals surface area contributed by atoms with Crippen LogP contribution in [0.5, 0.6) is 5.75 Å². The molecule has 1 aliphatic heterocycles. The quantitative estimate of drug-likeness (QED) is 0.764. The van der Waals surface area contributed by atoms with Crippen molar-refractivity contribution in [1.29, 1.82) is 0 Å². The van der Waals surface area contributed by atoms with Gasteiger partial charge in [0.15, 0.2) is 0 Å². The molecule has 1 aliphatic rings. The largest absolute Gasteiger partial charge is 0.489 e. The van der Waals surface area contributed by atoms with Crippen molar-refractivity contribution in [2.75, 3.05) is 24.5 Å². The topological polar surface area (TPSA) is 24.5 Å². The van der Waals surface area contributed by atoms with E-state index in [4.69, 9.17) is 4.74 Å². The van der Waals surface area contributed by atoms with E-state index in [-0.39, 0.29) is 6.10 Å². The molecular weight excluding hydrogens is 272 g/mol. The Balaban J connectivity index is 2.13. The fourth-order valence-corrected chi connectivity index (χ4v) is 2.94. The highest BCUT2D eigenvalue weighted by Crippen LogP contribution is 2.33. The molecule has 124 valence electrons. The van der Waals surface area contributed by atoms with E-state index >= 15 is 0 Å². The van der Waals surface area contributed by atoms with Crippen LogP contribution in [0, 0.1) is 5.92 Å². The van der Waals surface area contributed by atoms with Crippen LogP contribution in [0.1, 0.15) is 52.5 Å². The lowest BCUT2D eigenvalue weighted by atomic mass is 9.98. The average Bonchev–Trinajstić information content (AvgIpc) is 2.48. The summed E-state index contributed by atoms with van der Waals surface area (Å²) in [4.78, 5) is 2.49. The molecule has 1 N–H and O–H groups in total. The van der Waals surface area contributed by atoms with Gasteiger partial charge in [0, 0.05) is 19.6 Å². The number of hydrogen-bond donors (Lipinski definition) is 1. The first-order chi connectivity index (χ1) is 10.6. The Morgan fingerprint density at radius 1 is 1.27 bits per heavy atom. The van der Waals surface area contributed by atoms with Gasteiger partial charge in [-0.1, -0.05) is 19.9 Å². The summed E-state index contributed by atoms with van der Waals surface area (Å²) in [7, 11) is 0.